The van der Waals surface area contributed by atoms with Gasteiger partial charge in [0.05, 0.1) is 5.56 Å². The summed E-state index contributed by atoms with van der Waals surface area (Å²) in [6.45, 7) is 3.98. The fourth-order valence-electron chi connectivity index (χ4n) is 2.46. The number of aromatic carboxylic acids is 1. The third kappa shape index (κ3) is 2.09. The van der Waals surface area contributed by atoms with E-state index in [0.717, 1.165) is 31.5 Å². The molecule has 1 aromatic carbocycles. The second-order valence-corrected chi connectivity index (χ2v) is 4.35. The second-order valence-electron chi connectivity index (χ2n) is 4.35. The summed E-state index contributed by atoms with van der Waals surface area (Å²) in [7, 11) is 0. The van der Waals surface area contributed by atoms with Crippen molar-refractivity contribution in [3.63, 3.8) is 0 Å². The normalized spacial score (nSPS) is 17.3. The van der Waals surface area contributed by atoms with E-state index in [-0.39, 0.29) is 0 Å². The van der Waals surface area contributed by atoms with E-state index in [2.05, 4.69) is 11.4 Å². The monoisotopic (exact) mass is 219 g/mol. The first kappa shape index (κ1) is 11.1. The summed E-state index contributed by atoms with van der Waals surface area (Å²) < 4.78 is 0. The minimum Gasteiger partial charge on any atom is -0.478 e. The first-order chi connectivity index (χ1) is 7.70. The molecule has 0 spiro atoms. The molecule has 16 heavy (non-hydrogen) atoms. The van der Waals surface area contributed by atoms with Gasteiger partial charge >= 0.3 is 5.97 Å². The van der Waals surface area contributed by atoms with Gasteiger partial charge in [0.2, 0.25) is 0 Å². The molecule has 0 saturated carbocycles. The Kier molecular flexibility index (Phi) is 3.25. The van der Waals surface area contributed by atoms with Crippen LogP contribution in [0, 0.1) is 6.92 Å². The minimum absolute atomic E-state index is 0.441. The largest absolute Gasteiger partial charge is 0.478 e. The van der Waals surface area contributed by atoms with Crippen molar-refractivity contribution in [2.24, 2.45) is 0 Å². The molecule has 0 aliphatic carbocycles. The quantitative estimate of drug-likeness (QED) is 0.801. The van der Waals surface area contributed by atoms with Crippen molar-refractivity contribution in [2.75, 3.05) is 13.1 Å². The topological polar surface area (TPSA) is 49.3 Å². The molecule has 1 heterocycles. The summed E-state index contributed by atoms with van der Waals surface area (Å²) in [5.74, 6) is -0.311. The summed E-state index contributed by atoms with van der Waals surface area (Å²) in [6.07, 6.45) is 2.20. The Hall–Kier alpha value is -1.35. The van der Waals surface area contributed by atoms with Gasteiger partial charge in [-0.1, -0.05) is 12.1 Å². The molecule has 0 aromatic heterocycles. The van der Waals surface area contributed by atoms with Gasteiger partial charge < -0.3 is 10.4 Å². The van der Waals surface area contributed by atoms with E-state index in [1.165, 1.54) is 5.56 Å². The van der Waals surface area contributed by atoms with Crippen LogP contribution in [-0.4, -0.2) is 24.2 Å². The van der Waals surface area contributed by atoms with Crippen LogP contribution >= 0.6 is 0 Å². The minimum atomic E-state index is -0.826. The van der Waals surface area contributed by atoms with Crippen LogP contribution in [0.1, 0.15) is 40.2 Å². The molecule has 1 saturated heterocycles. The van der Waals surface area contributed by atoms with Gasteiger partial charge in [-0.05, 0) is 56.0 Å². The molecule has 3 nitrogen and oxygen atoms in total. The molecule has 1 aliphatic heterocycles. The van der Waals surface area contributed by atoms with Crippen molar-refractivity contribution < 1.29 is 9.90 Å². The lowest BCUT2D eigenvalue weighted by molar-refractivity contribution is 0.0696. The highest BCUT2D eigenvalue weighted by Gasteiger charge is 2.19. The maximum absolute atomic E-state index is 11.0. The number of nitrogens with one attached hydrogen (secondary N) is 1. The third-order valence-corrected chi connectivity index (χ3v) is 3.39. The smallest absolute Gasteiger partial charge is 0.335 e. The standard InChI is InChI=1S/C13H17NO2/c1-9-11(10-5-7-14-8-6-10)3-2-4-12(9)13(15)16/h2-4,10,14H,5-8H2,1H3,(H,15,16). The van der Waals surface area contributed by atoms with Crippen LogP contribution in [0.2, 0.25) is 0 Å². The Labute approximate surface area is 95.5 Å². The zero-order valence-corrected chi connectivity index (χ0v) is 9.49. The summed E-state index contributed by atoms with van der Waals surface area (Å²) >= 11 is 0. The van der Waals surface area contributed by atoms with Crippen LogP contribution in [0.25, 0.3) is 0 Å². The van der Waals surface area contributed by atoms with Gasteiger partial charge in [-0.15, -0.1) is 0 Å². The molecule has 0 atom stereocenters. The lowest BCUT2D eigenvalue weighted by Gasteiger charge is -2.24. The van der Waals surface area contributed by atoms with Gasteiger partial charge in [-0.25, -0.2) is 4.79 Å². The van der Waals surface area contributed by atoms with Gasteiger partial charge in [0, 0.05) is 0 Å². The van der Waals surface area contributed by atoms with Crippen molar-refractivity contribution in [2.45, 2.75) is 25.7 Å². The maximum atomic E-state index is 11.0. The predicted octanol–water partition coefficient (Wildman–Crippen LogP) is 2.16. The van der Waals surface area contributed by atoms with Gasteiger partial charge in [0.25, 0.3) is 0 Å². The Morgan fingerprint density at radius 1 is 1.38 bits per heavy atom. The molecule has 0 amide bonds. The van der Waals surface area contributed by atoms with Crippen LogP contribution in [0.15, 0.2) is 18.2 Å². The maximum Gasteiger partial charge on any atom is 0.335 e. The zero-order chi connectivity index (χ0) is 11.5. The van der Waals surface area contributed by atoms with Crippen LogP contribution in [-0.2, 0) is 0 Å². The molecule has 1 fully saturated rings. The van der Waals surface area contributed by atoms with Gasteiger partial charge in [-0.3, -0.25) is 0 Å². The summed E-state index contributed by atoms with van der Waals surface area (Å²) in [4.78, 5) is 11.0. The molecular weight excluding hydrogens is 202 g/mol. The molecule has 3 heteroatoms. The third-order valence-electron chi connectivity index (χ3n) is 3.39. The van der Waals surface area contributed by atoms with Crippen LogP contribution < -0.4 is 5.32 Å². The highest BCUT2D eigenvalue weighted by Crippen LogP contribution is 2.29. The average molecular weight is 219 g/mol. The van der Waals surface area contributed by atoms with Crippen molar-refractivity contribution in [1.82, 2.24) is 5.32 Å². The molecule has 1 aromatic rings. The van der Waals surface area contributed by atoms with E-state index < -0.39 is 5.97 Å². The highest BCUT2D eigenvalue weighted by molar-refractivity contribution is 5.89. The van der Waals surface area contributed by atoms with E-state index >= 15 is 0 Å². The van der Waals surface area contributed by atoms with Crippen LogP contribution in [0.3, 0.4) is 0 Å². The number of rotatable bonds is 2. The lowest BCUT2D eigenvalue weighted by atomic mass is 9.86. The number of hydrogen-bond acceptors (Lipinski definition) is 2. The zero-order valence-electron chi connectivity index (χ0n) is 9.49. The van der Waals surface area contributed by atoms with E-state index in [0.29, 0.717) is 11.5 Å². The Morgan fingerprint density at radius 3 is 2.69 bits per heavy atom. The lowest BCUT2D eigenvalue weighted by Crippen LogP contribution is -2.27. The fourth-order valence-corrected chi connectivity index (χ4v) is 2.46. The summed E-state index contributed by atoms with van der Waals surface area (Å²) in [5.41, 5.74) is 2.58. The molecule has 2 N–H and O–H groups in total. The van der Waals surface area contributed by atoms with Gasteiger partial charge in [0.15, 0.2) is 0 Å². The second kappa shape index (κ2) is 4.66. The fraction of sp³-hybridized carbons (Fsp3) is 0.462. The molecule has 86 valence electrons. The molecular formula is C13H17NO2. The number of benzene rings is 1. The first-order valence-electron chi connectivity index (χ1n) is 5.73. The van der Waals surface area contributed by atoms with Crippen LogP contribution in [0.5, 0.6) is 0 Å². The van der Waals surface area contributed by atoms with E-state index in [4.69, 9.17) is 5.11 Å². The van der Waals surface area contributed by atoms with Crippen LogP contribution in [0.4, 0.5) is 0 Å². The molecule has 0 bridgehead atoms. The SMILES string of the molecule is Cc1c(C(=O)O)cccc1C1CCNCC1. The highest BCUT2D eigenvalue weighted by atomic mass is 16.4. The number of hydrogen-bond donors (Lipinski definition) is 2. The van der Waals surface area contributed by atoms with E-state index in [1.807, 2.05) is 13.0 Å². The Bertz CT molecular complexity index is 395. The number of carboxylic acid groups (broad SMARTS) is 1. The van der Waals surface area contributed by atoms with Crippen molar-refractivity contribution in [3.05, 3.63) is 34.9 Å². The average Bonchev–Trinajstić information content (AvgIpc) is 2.30. The summed E-state index contributed by atoms with van der Waals surface area (Å²) in [5, 5.41) is 12.4. The Balaban J connectivity index is 2.33. The Morgan fingerprint density at radius 2 is 2.06 bits per heavy atom. The molecule has 1 aliphatic rings. The van der Waals surface area contributed by atoms with Crippen molar-refractivity contribution in [3.8, 4) is 0 Å². The van der Waals surface area contributed by atoms with Crippen molar-refractivity contribution >= 4 is 5.97 Å². The van der Waals surface area contributed by atoms with Crippen molar-refractivity contribution in [1.29, 1.82) is 0 Å². The van der Waals surface area contributed by atoms with E-state index in [9.17, 15) is 4.79 Å². The molecule has 2 rings (SSSR count). The van der Waals surface area contributed by atoms with E-state index in [1.54, 1.807) is 6.07 Å². The molecule has 0 unspecified atom stereocenters. The summed E-state index contributed by atoms with van der Waals surface area (Å²) in [6, 6.07) is 5.60. The first-order valence-corrected chi connectivity index (χ1v) is 5.73. The predicted molar refractivity (Wildman–Crippen MR) is 63.0 cm³/mol. The van der Waals surface area contributed by atoms with Gasteiger partial charge in [-0.2, -0.15) is 0 Å². The molecule has 0 radical (unpaired) electrons. The number of carbonyl (C=O) groups is 1. The number of carboxylic acids is 1. The number of piperidine rings is 1. The van der Waals surface area contributed by atoms with Gasteiger partial charge in [0.1, 0.15) is 0 Å².